The molecule has 2 aromatic carbocycles. The summed E-state index contributed by atoms with van der Waals surface area (Å²) < 4.78 is 5.20. The van der Waals surface area contributed by atoms with Gasteiger partial charge in [-0.2, -0.15) is 0 Å². The molecule has 0 atom stereocenters. The number of benzene rings is 2. The van der Waals surface area contributed by atoms with Crippen molar-refractivity contribution in [1.82, 2.24) is 4.98 Å². The Labute approximate surface area is 149 Å². The number of hydrogen-bond donors (Lipinski definition) is 1. The van der Waals surface area contributed by atoms with Gasteiger partial charge in [0.05, 0.1) is 11.1 Å². The van der Waals surface area contributed by atoms with Crippen LogP contribution in [0.3, 0.4) is 0 Å². The number of nitro groups is 1. The summed E-state index contributed by atoms with van der Waals surface area (Å²) in [6.45, 7) is 1.64. The number of nitro benzene ring substituents is 1. The van der Waals surface area contributed by atoms with E-state index in [1.807, 2.05) is 30.3 Å². The maximum Gasteiger partial charge on any atom is 0.312 e. The van der Waals surface area contributed by atoms with E-state index in [1.165, 1.54) is 12.3 Å². The lowest BCUT2D eigenvalue weighted by atomic mass is 10.1. The molecule has 1 N–H and O–H groups in total. The van der Waals surface area contributed by atoms with Crippen molar-refractivity contribution in [3.63, 3.8) is 0 Å². The average molecular weight is 349 g/mol. The van der Waals surface area contributed by atoms with Crippen molar-refractivity contribution in [3.8, 4) is 17.4 Å². The van der Waals surface area contributed by atoms with Crippen molar-refractivity contribution in [2.75, 3.05) is 0 Å². The number of hydrogen-bond acceptors (Lipinski definition) is 6. The summed E-state index contributed by atoms with van der Waals surface area (Å²) in [5.74, 6) is -0.320. The summed E-state index contributed by atoms with van der Waals surface area (Å²) in [5, 5.41) is 20.9. The van der Waals surface area contributed by atoms with Gasteiger partial charge >= 0.3 is 5.95 Å². The lowest BCUT2D eigenvalue weighted by Crippen LogP contribution is -1.92. The molecule has 0 saturated carbocycles. The van der Waals surface area contributed by atoms with E-state index in [-0.39, 0.29) is 17.3 Å². The van der Waals surface area contributed by atoms with Gasteiger partial charge in [0.1, 0.15) is 0 Å². The second-order valence-corrected chi connectivity index (χ2v) is 5.47. The van der Waals surface area contributed by atoms with E-state index in [4.69, 9.17) is 4.42 Å². The molecule has 7 nitrogen and oxygen atoms in total. The number of nitrogens with zero attached hydrogens (tertiary/aromatic N) is 3. The first-order chi connectivity index (χ1) is 12.5. The van der Waals surface area contributed by atoms with E-state index in [2.05, 4.69) is 9.98 Å². The molecule has 0 unspecified atom stereocenters. The molecule has 0 aliphatic rings. The second-order valence-electron chi connectivity index (χ2n) is 5.47. The molecule has 0 saturated heterocycles. The van der Waals surface area contributed by atoms with Crippen molar-refractivity contribution in [2.45, 2.75) is 6.92 Å². The van der Waals surface area contributed by atoms with Crippen LogP contribution in [0.4, 0.5) is 5.69 Å². The molecule has 0 spiro atoms. The van der Waals surface area contributed by atoms with Gasteiger partial charge in [0.15, 0.2) is 5.69 Å². The first-order valence-corrected chi connectivity index (χ1v) is 7.74. The quantitative estimate of drug-likeness (QED) is 0.419. The van der Waals surface area contributed by atoms with Gasteiger partial charge in [0.25, 0.3) is 5.69 Å². The predicted octanol–water partition coefficient (Wildman–Crippen LogP) is 4.35. The van der Waals surface area contributed by atoms with Crippen LogP contribution in [0.5, 0.6) is 5.95 Å². The number of rotatable bonds is 5. The zero-order valence-corrected chi connectivity index (χ0v) is 13.9. The Morgan fingerprint density at radius 3 is 2.73 bits per heavy atom. The highest BCUT2D eigenvalue weighted by Gasteiger charge is 2.17. The van der Waals surface area contributed by atoms with E-state index in [0.29, 0.717) is 11.1 Å². The van der Waals surface area contributed by atoms with Crippen LogP contribution in [0.1, 0.15) is 16.8 Å². The van der Waals surface area contributed by atoms with Crippen molar-refractivity contribution in [1.29, 1.82) is 0 Å². The number of aromatic hydroxyl groups is 1. The summed E-state index contributed by atoms with van der Waals surface area (Å²) in [4.78, 5) is 18.8. The van der Waals surface area contributed by atoms with Crippen LogP contribution in [0.2, 0.25) is 0 Å². The average Bonchev–Trinajstić information content (AvgIpc) is 3.00. The lowest BCUT2D eigenvalue weighted by molar-refractivity contribution is -0.385. The lowest BCUT2D eigenvalue weighted by Gasteiger charge is -1.99. The molecule has 0 aliphatic carbocycles. The van der Waals surface area contributed by atoms with Crippen molar-refractivity contribution in [2.24, 2.45) is 4.99 Å². The normalized spacial score (nSPS) is 11.4. The maximum absolute atomic E-state index is 11.0. The molecule has 0 radical (unpaired) electrons. The van der Waals surface area contributed by atoms with E-state index in [1.54, 1.807) is 31.3 Å². The predicted molar refractivity (Wildman–Crippen MR) is 98.1 cm³/mol. The molecule has 3 rings (SSSR count). The molecule has 3 aromatic rings. The highest BCUT2D eigenvalue weighted by atomic mass is 16.6. The van der Waals surface area contributed by atoms with E-state index < -0.39 is 10.9 Å². The van der Waals surface area contributed by atoms with Crippen LogP contribution in [-0.2, 0) is 0 Å². The fourth-order valence-electron chi connectivity index (χ4n) is 2.28. The van der Waals surface area contributed by atoms with Gasteiger partial charge in [0.2, 0.25) is 5.89 Å². The second kappa shape index (κ2) is 7.43. The van der Waals surface area contributed by atoms with Gasteiger partial charge in [-0.15, -0.1) is 0 Å². The third-order valence-corrected chi connectivity index (χ3v) is 3.64. The van der Waals surface area contributed by atoms with Crippen LogP contribution in [0.25, 0.3) is 17.5 Å². The van der Waals surface area contributed by atoms with Gasteiger partial charge in [-0.3, -0.25) is 15.1 Å². The minimum Gasteiger partial charge on any atom is -0.479 e. The van der Waals surface area contributed by atoms with E-state index >= 15 is 0 Å². The van der Waals surface area contributed by atoms with Crippen molar-refractivity contribution >= 4 is 18.0 Å². The van der Waals surface area contributed by atoms with Gasteiger partial charge in [-0.05, 0) is 24.6 Å². The summed E-state index contributed by atoms with van der Waals surface area (Å²) in [6, 6.07) is 14.2. The summed E-state index contributed by atoms with van der Waals surface area (Å²) in [7, 11) is 0. The van der Waals surface area contributed by atoms with Crippen LogP contribution in [-0.4, -0.2) is 21.2 Å². The fourth-order valence-corrected chi connectivity index (χ4v) is 2.28. The Hall–Kier alpha value is -3.74. The Bertz CT molecular complexity index is 991. The van der Waals surface area contributed by atoms with Gasteiger partial charge in [0, 0.05) is 23.4 Å². The summed E-state index contributed by atoms with van der Waals surface area (Å²) >= 11 is 0. The van der Waals surface area contributed by atoms with E-state index in [0.717, 1.165) is 5.56 Å². The van der Waals surface area contributed by atoms with Gasteiger partial charge in [-0.1, -0.05) is 36.4 Å². The molecule has 1 aromatic heterocycles. The molecule has 26 heavy (non-hydrogen) atoms. The Kier molecular flexibility index (Phi) is 4.89. The third-order valence-electron chi connectivity index (χ3n) is 3.64. The monoisotopic (exact) mass is 349 g/mol. The molecular formula is C19H15N3O4. The minimum atomic E-state index is -0.474. The Balaban J connectivity index is 1.81. The molecule has 7 heteroatoms. The molecule has 0 amide bonds. The topological polar surface area (TPSA) is 102 Å². The third kappa shape index (κ3) is 3.84. The van der Waals surface area contributed by atoms with E-state index in [9.17, 15) is 15.2 Å². The van der Waals surface area contributed by atoms with Gasteiger partial charge in [-0.25, -0.2) is 4.98 Å². The summed E-state index contributed by atoms with van der Waals surface area (Å²) in [6.07, 6.45) is 4.72. The zero-order valence-electron chi connectivity index (χ0n) is 13.9. The zero-order chi connectivity index (χ0) is 18.5. The number of oxazole rings is 1. The smallest absolute Gasteiger partial charge is 0.312 e. The SMILES string of the molecule is Cc1ccc(-c2nc(C=NC=Cc3ccccc3)c(O)o2)cc1[N+](=O)[O-]. The molecule has 0 bridgehead atoms. The molecule has 1 heterocycles. The van der Waals surface area contributed by atoms with Crippen LogP contribution in [0, 0.1) is 17.0 Å². The first kappa shape index (κ1) is 17.1. The highest BCUT2D eigenvalue weighted by molar-refractivity contribution is 5.81. The minimum absolute atomic E-state index is 0.0406. The standard InChI is InChI=1S/C19H15N3O4/c1-13-7-8-15(11-17(13)22(24)25)18-21-16(19(23)26-18)12-20-10-9-14-5-3-2-4-6-14/h2-12,23H,1H3. The number of aliphatic imine (C=N–C) groups is 1. The number of aryl methyl sites for hydroxylation is 1. The van der Waals surface area contributed by atoms with Crippen LogP contribution >= 0.6 is 0 Å². The molecule has 130 valence electrons. The molecular weight excluding hydrogens is 334 g/mol. The Morgan fingerprint density at radius 2 is 2.00 bits per heavy atom. The largest absolute Gasteiger partial charge is 0.479 e. The first-order valence-electron chi connectivity index (χ1n) is 7.74. The van der Waals surface area contributed by atoms with Crippen LogP contribution in [0.15, 0.2) is 64.1 Å². The summed E-state index contributed by atoms with van der Waals surface area (Å²) in [5.41, 5.74) is 2.02. The molecule has 0 fully saturated rings. The maximum atomic E-state index is 11.0. The molecule has 0 aliphatic heterocycles. The van der Waals surface area contributed by atoms with Crippen molar-refractivity contribution in [3.05, 3.63) is 81.7 Å². The van der Waals surface area contributed by atoms with Crippen molar-refractivity contribution < 1.29 is 14.4 Å². The highest BCUT2D eigenvalue weighted by Crippen LogP contribution is 2.29. The Morgan fingerprint density at radius 1 is 1.23 bits per heavy atom. The number of aromatic nitrogens is 1. The van der Waals surface area contributed by atoms with Gasteiger partial charge < -0.3 is 9.52 Å². The fraction of sp³-hybridized carbons (Fsp3) is 0.0526. The van der Waals surface area contributed by atoms with Crippen LogP contribution < -0.4 is 0 Å².